The molecule has 5 nitrogen and oxygen atoms in total. The summed E-state index contributed by atoms with van der Waals surface area (Å²) in [6.07, 6.45) is 0.134. The number of carbonyl (C=O) groups excluding carboxylic acids is 1. The van der Waals surface area contributed by atoms with Crippen LogP contribution in [0.3, 0.4) is 0 Å². The summed E-state index contributed by atoms with van der Waals surface area (Å²) >= 11 is 0. The van der Waals surface area contributed by atoms with Gasteiger partial charge in [-0.3, -0.25) is 15.2 Å². The van der Waals surface area contributed by atoms with E-state index in [1.807, 2.05) is 30.3 Å². The molecule has 0 atom stereocenters. The molecule has 0 bridgehead atoms. The molecule has 0 aliphatic carbocycles. The molecule has 2 N–H and O–H groups in total. The molecule has 0 aliphatic heterocycles. The second-order valence-corrected chi connectivity index (χ2v) is 4.73. The van der Waals surface area contributed by atoms with Crippen molar-refractivity contribution in [3.63, 3.8) is 0 Å². The van der Waals surface area contributed by atoms with E-state index in [9.17, 15) is 9.18 Å². The summed E-state index contributed by atoms with van der Waals surface area (Å²) in [5.74, 6) is 0.208. The van der Waals surface area contributed by atoms with Gasteiger partial charge in [-0.2, -0.15) is 4.98 Å². The van der Waals surface area contributed by atoms with Crippen molar-refractivity contribution in [3.05, 3.63) is 66.0 Å². The van der Waals surface area contributed by atoms with Gasteiger partial charge in [0.05, 0.1) is 6.42 Å². The Bertz CT molecular complexity index is 768. The molecule has 0 saturated carbocycles. The minimum absolute atomic E-state index is 0.134. The summed E-state index contributed by atoms with van der Waals surface area (Å²) < 4.78 is 12.8. The standard InChI is InChI=1S/C16H13FN4O/c17-13-8-6-11(7-9-13)10-14(22)18-16-19-15(20-21-16)12-4-2-1-3-5-12/h1-9H,10H2,(H2,18,19,20,21,22). The fourth-order valence-corrected chi connectivity index (χ4v) is 2.00. The maximum atomic E-state index is 12.8. The smallest absolute Gasteiger partial charge is 0.249 e. The van der Waals surface area contributed by atoms with Crippen molar-refractivity contribution >= 4 is 11.9 Å². The summed E-state index contributed by atoms with van der Waals surface area (Å²) in [5.41, 5.74) is 1.60. The van der Waals surface area contributed by atoms with Gasteiger partial charge in [0.1, 0.15) is 5.82 Å². The minimum atomic E-state index is -0.328. The second kappa shape index (κ2) is 6.17. The van der Waals surface area contributed by atoms with Crippen LogP contribution in [0.25, 0.3) is 11.4 Å². The zero-order valence-corrected chi connectivity index (χ0v) is 11.6. The maximum absolute atomic E-state index is 12.8. The molecule has 110 valence electrons. The highest BCUT2D eigenvalue weighted by Gasteiger charge is 2.09. The van der Waals surface area contributed by atoms with Crippen LogP contribution in [0.4, 0.5) is 10.3 Å². The van der Waals surface area contributed by atoms with Crippen LogP contribution >= 0.6 is 0 Å². The van der Waals surface area contributed by atoms with E-state index in [1.165, 1.54) is 12.1 Å². The number of hydrogen-bond acceptors (Lipinski definition) is 3. The van der Waals surface area contributed by atoms with E-state index in [0.29, 0.717) is 5.82 Å². The number of aromatic amines is 1. The number of H-pyrrole nitrogens is 1. The third-order valence-corrected chi connectivity index (χ3v) is 3.06. The van der Waals surface area contributed by atoms with E-state index in [1.54, 1.807) is 12.1 Å². The Balaban J connectivity index is 1.65. The fraction of sp³-hybridized carbons (Fsp3) is 0.0625. The van der Waals surface area contributed by atoms with Gasteiger partial charge in [0.2, 0.25) is 11.9 Å². The number of amides is 1. The molecule has 0 aliphatic rings. The van der Waals surface area contributed by atoms with E-state index in [2.05, 4.69) is 20.5 Å². The molecular weight excluding hydrogens is 283 g/mol. The molecule has 1 aromatic heterocycles. The number of hydrogen-bond donors (Lipinski definition) is 2. The van der Waals surface area contributed by atoms with Crippen molar-refractivity contribution in [3.8, 4) is 11.4 Å². The highest BCUT2D eigenvalue weighted by molar-refractivity contribution is 5.90. The van der Waals surface area contributed by atoms with E-state index < -0.39 is 0 Å². The van der Waals surface area contributed by atoms with Crippen molar-refractivity contribution in [2.45, 2.75) is 6.42 Å². The largest absolute Gasteiger partial charge is 0.293 e. The Morgan fingerprint density at radius 1 is 1.09 bits per heavy atom. The lowest BCUT2D eigenvalue weighted by Crippen LogP contribution is -2.15. The molecule has 1 heterocycles. The molecule has 3 aromatic rings. The molecule has 2 aromatic carbocycles. The maximum Gasteiger partial charge on any atom is 0.249 e. The number of carbonyl (C=O) groups is 1. The number of anilines is 1. The van der Waals surface area contributed by atoms with Crippen molar-refractivity contribution in [2.24, 2.45) is 0 Å². The lowest BCUT2D eigenvalue weighted by molar-refractivity contribution is -0.115. The first-order chi connectivity index (χ1) is 10.7. The number of nitrogens with zero attached hydrogens (tertiary/aromatic N) is 2. The number of nitrogens with one attached hydrogen (secondary N) is 2. The summed E-state index contributed by atoms with van der Waals surface area (Å²) in [7, 11) is 0. The van der Waals surface area contributed by atoms with E-state index in [4.69, 9.17) is 0 Å². The predicted octanol–water partition coefficient (Wildman–Crippen LogP) is 2.79. The average molecular weight is 296 g/mol. The van der Waals surface area contributed by atoms with Crippen LogP contribution in [-0.4, -0.2) is 21.1 Å². The van der Waals surface area contributed by atoms with Crippen LogP contribution in [0.2, 0.25) is 0 Å². The SMILES string of the molecule is O=C(Cc1ccc(F)cc1)Nc1n[nH]c(-c2ccccc2)n1. The first-order valence-corrected chi connectivity index (χ1v) is 6.73. The third-order valence-electron chi connectivity index (χ3n) is 3.06. The zero-order chi connectivity index (χ0) is 15.4. The monoisotopic (exact) mass is 296 g/mol. The molecule has 1 amide bonds. The zero-order valence-electron chi connectivity index (χ0n) is 11.6. The number of aromatic nitrogens is 3. The highest BCUT2D eigenvalue weighted by Crippen LogP contribution is 2.15. The molecule has 6 heteroatoms. The van der Waals surface area contributed by atoms with Crippen LogP contribution in [-0.2, 0) is 11.2 Å². The summed E-state index contributed by atoms with van der Waals surface area (Å²) in [6.45, 7) is 0. The molecule has 0 spiro atoms. The Kier molecular flexibility index (Phi) is 3.91. The van der Waals surface area contributed by atoms with Gasteiger partial charge in [-0.15, -0.1) is 5.10 Å². The Hall–Kier alpha value is -3.02. The van der Waals surface area contributed by atoms with Crippen LogP contribution < -0.4 is 5.32 Å². The lowest BCUT2D eigenvalue weighted by atomic mass is 10.1. The minimum Gasteiger partial charge on any atom is -0.293 e. The molecule has 0 radical (unpaired) electrons. The molecule has 0 fully saturated rings. The van der Waals surface area contributed by atoms with Gasteiger partial charge in [0.15, 0.2) is 5.82 Å². The van der Waals surface area contributed by atoms with Crippen molar-refractivity contribution in [1.82, 2.24) is 15.2 Å². The normalized spacial score (nSPS) is 10.4. The van der Waals surface area contributed by atoms with Crippen molar-refractivity contribution in [1.29, 1.82) is 0 Å². The van der Waals surface area contributed by atoms with Crippen LogP contribution in [0.5, 0.6) is 0 Å². The van der Waals surface area contributed by atoms with Gasteiger partial charge in [0.25, 0.3) is 0 Å². The van der Waals surface area contributed by atoms with E-state index in [0.717, 1.165) is 11.1 Å². The average Bonchev–Trinajstić information content (AvgIpc) is 2.99. The molecule has 0 saturated heterocycles. The van der Waals surface area contributed by atoms with Gasteiger partial charge >= 0.3 is 0 Å². The second-order valence-electron chi connectivity index (χ2n) is 4.73. The van der Waals surface area contributed by atoms with E-state index >= 15 is 0 Å². The van der Waals surface area contributed by atoms with Gasteiger partial charge in [0, 0.05) is 5.56 Å². The first-order valence-electron chi connectivity index (χ1n) is 6.73. The van der Waals surface area contributed by atoms with Gasteiger partial charge in [-0.25, -0.2) is 4.39 Å². The van der Waals surface area contributed by atoms with Gasteiger partial charge in [-0.1, -0.05) is 42.5 Å². The molecule has 22 heavy (non-hydrogen) atoms. The summed E-state index contributed by atoms with van der Waals surface area (Å²) in [5, 5.41) is 9.34. The summed E-state index contributed by atoms with van der Waals surface area (Å²) in [4.78, 5) is 16.1. The van der Waals surface area contributed by atoms with Crippen molar-refractivity contribution < 1.29 is 9.18 Å². The Labute approximate surface area is 126 Å². The highest BCUT2D eigenvalue weighted by atomic mass is 19.1. The van der Waals surface area contributed by atoms with Gasteiger partial charge < -0.3 is 0 Å². The fourth-order valence-electron chi connectivity index (χ4n) is 2.00. The van der Waals surface area contributed by atoms with Crippen LogP contribution in [0, 0.1) is 5.82 Å². The van der Waals surface area contributed by atoms with Crippen LogP contribution in [0.15, 0.2) is 54.6 Å². The van der Waals surface area contributed by atoms with Gasteiger partial charge in [-0.05, 0) is 17.7 Å². The summed E-state index contributed by atoms with van der Waals surface area (Å²) in [6, 6.07) is 15.3. The number of rotatable bonds is 4. The third kappa shape index (κ3) is 3.35. The molecule has 0 unspecified atom stereocenters. The quantitative estimate of drug-likeness (QED) is 0.777. The first kappa shape index (κ1) is 13.9. The molecule has 3 rings (SSSR count). The Morgan fingerprint density at radius 2 is 1.82 bits per heavy atom. The Morgan fingerprint density at radius 3 is 2.55 bits per heavy atom. The topological polar surface area (TPSA) is 70.7 Å². The van der Waals surface area contributed by atoms with E-state index in [-0.39, 0.29) is 24.1 Å². The van der Waals surface area contributed by atoms with Crippen molar-refractivity contribution in [2.75, 3.05) is 5.32 Å². The lowest BCUT2D eigenvalue weighted by Gasteiger charge is -2.01. The predicted molar refractivity (Wildman–Crippen MR) is 80.6 cm³/mol. The number of halogens is 1. The molecular formula is C16H13FN4O. The number of benzene rings is 2. The van der Waals surface area contributed by atoms with Crippen LogP contribution in [0.1, 0.15) is 5.56 Å².